The molecule has 4 atom stereocenters. The molecule has 3 fully saturated rings. The lowest BCUT2D eigenvalue weighted by Gasteiger charge is -2.36. The molecule has 0 radical (unpaired) electrons. The van der Waals surface area contributed by atoms with Crippen LogP contribution in [0.15, 0.2) is 18.6 Å². The minimum Gasteiger partial charge on any atom is -0.379 e. The molecule has 2 aromatic heterocycles. The van der Waals surface area contributed by atoms with Crippen molar-refractivity contribution in [3.05, 3.63) is 29.8 Å². The van der Waals surface area contributed by atoms with Crippen molar-refractivity contribution in [2.75, 3.05) is 20.2 Å². The van der Waals surface area contributed by atoms with Crippen LogP contribution in [0, 0.1) is 17.8 Å². The van der Waals surface area contributed by atoms with Crippen molar-refractivity contribution >= 4 is 5.91 Å². The highest BCUT2D eigenvalue weighted by Crippen LogP contribution is 2.42. The Morgan fingerprint density at radius 3 is 2.73 bits per heavy atom. The third kappa shape index (κ3) is 3.89. The predicted molar refractivity (Wildman–Crippen MR) is 111 cm³/mol. The van der Waals surface area contributed by atoms with E-state index in [9.17, 15) is 4.79 Å². The maximum atomic E-state index is 12.8. The second kappa shape index (κ2) is 8.49. The van der Waals surface area contributed by atoms with Gasteiger partial charge in [0.1, 0.15) is 0 Å². The molecule has 162 valence electrons. The minimum absolute atomic E-state index is 0.0687. The highest BCUT2D eigenvalue weighted by Gasteiger charge is 2.44. The van der Waals surface area contributed by atoms with Crippen LogP contribution in [0.1, 0.15) is 67.0 Å². The zero-order valence-electron chi connectivity index (χ0n) is 17.7. The number of fused-ring (bicyclic) bond motifs is 1. The third-order valence-electron chi connectivity index (χ3n) is 7.54. The molecule has 30 heavy (non-hydrogen) atoms. The second-order valence-corrected chi connectivity index (χ2v) is 9.43. The van der Waals surface area contributed by atoms with Crippen LogP contribution >= 0.6 is 0 Å². The summed E-state index contributed by atoms with van der Waals surface area (Å²) in [6.45, 7) is 1.59. The van der Waals surface area contributed by atoms with Crippen LogP contribution in [-0.2, 0) is 11.2 Å². The molecule has 2 aromatic rings. The Balaban J connectivity index is 1.26. The van der Waals surface area contributed by atoms with Crippen molar-refractivity contribution in [1.29, 1.82) is 0 Å². The molecular formula is C22H32N6O2. The third-order valence-corrected chi connectivity index (χ3v) is 7.54. The lowest BCUT2D eigenvalue weighted by molar-refractivity contribution is -0.00546. The summed E-state index contributed by atoms with van der Waals surface area (Å²) in [6.07, 6.45) is 15.2. The largest absolute Gasteiger partial charge is 0.379 e. The Bertz CT molecular complexity index is 844. The van der Waals surface area contributed by atoms with E-state index in [2.05, 4.69) is 26.7 Å². The molecule has 1 saturated heterocycles. The number of nitrogens with one attached hydrogen (secondary N) is 1. The highest BCUT2D eigenvalue weighted by atomic mass is 16.5. The molecule has 3 heterocycles. The zero-order chi connectivity index (χ0) is 20.5. The Hall–Kier alpha value is -2.22. The molecule has 0 spiro atoms. The van der Waals surface area contributed by atoms with Crippen molar-refractivity contribution in [2.24, 2.45) is 17.8 Å². The molecular weight excluding hydrogens is 380 g/mol. The molecule has 8 heteroatoms. The van der Waals surface area contributed by atoms with Gasteiger partial charge < -0.3 is 9.64 Å². The smallest absolute Gasteiger partial charge is 0.257 e. The second-order valence-electron chi connectivity index (χ2n) is 9.43. The molecule has 1 aliphatic heterocycles. The summed E-state index contributed by atoms with van der Waals surface area (Å²) < 4.78 is 7.93. The first kappa shape index (κ1) is 19.7. The zero-order valence-corrected chi connectivity index (χ0v) is 17.7. The van der Waals surface area contributed by atoms with Crippen LogP contribution in [-0.4, -0.2) is 62.3 Å². The number of likely N-dealkylation sites (tertiary alicyclic amines) is 1. The van der Waals surface area contributed by atoms with Gasteiger partial charge in [-0.05, 0) is 37.0 Å². The Morgan fingerprint density at radius 1 is 1.20 bits per heavy atom. The maximum Gasteiger partial charge on any atom is 0.257 e. The van der Waals surface area contributed by atoms with Crippen molar-refractivity contribution in [3.8, 4) is 0 Å². The fourth-order valence-electron chi connectivity index (χ4n) is 5.89. The topological polar surface area (TPSA) is 88.9 Å². The summed E-state index contributed by atoms with van der Waals surface area (Å²) in [5, 5.41) is 15.7. The fourth-order valence-corrected chi connectivity index (χ4v) is 5.89. The fraction of sp³-hybridized carbons (Fsp3) is 0.727. The Morgan fingerprint density at radius 2 is 2.00 bits per heavy atom. The molecule has 8 nitrogen and oxygen atoms in total. The van der Waals surface area contributed by atoms with Gasteiger partial charge in [0.15, 0.2) is 0 Å². The molecule has 0 aromatic carbocycles. The number of carbonyl (C=O) groups is 1. The van der Waals surface area contributed by atoms with E-state index >= 15 is 0 Å². The van der Waals surface area contributed by atoms with Crippen molar-refractivity contribution in [2.45, 2.75) is 63.5 Å². The molecule has 5 rings (SSSR count). The summed E-state index contributed by atoms with van der Waals surface area (Å²) in [6, 6.07) is 0.188. The molecule has 2 aliphatic carbocycles. The lowest BCUT2D eigenvalue weighted by Crippen LogP contribution is -2.37. The number of ether oxygens (including phenoxy) is 1. The van der Waals surface area contributed by atoms with Crippen LogP contribution in [0.2, 0.25) is 0 Å². The van der Waals surface area contributed by atoms with Gasteiger partial charge in [0.2, 0.25) is 0 Å². The van der Waals surface area contributed by atoms with Crippen molar-refractivity contribution < 1.29 is 9.53 Å². The van der Waals surface area contributed by atoms with Gasteiger partial charge in [0.05, 0.1) is 29.6 Å². The van der Waals surface area contributed by atoms with E-state index in [0.717, 1.165) is 44.0 Å². The van der Waals surface area contributed by atoms with E-state index in [4.69, 9.17) is 4.74 Å². The number of rotatable bonds is 5. The average Bonchev–Trinajstić information content (AvgIpc) is 3.53. The van der Waals surface area contributed by atoms with E-state index in [1.165, 1.54) is 32.1 Å². The first-order valence-corrected chi connectivity index (χ1v) is 11.4. The number of H-pyrrole nitrogens is 1. The number of nitrogens with zero attached hydrogens (tertiary/aromatic N) is 5. The number of amides is 1. The molecule has 2 saturated carbocycles. The number of carbonyl (C=O) groups excluding carboxylic acids is 1. The van der Waals surface area contributed by atoms with Crippen LogP contribution in [0.25, 0.3) is 0 Å². The molecule has 0 bridgehead atoms. The maximum absolute atomic E-state index is 12.8. The van der Waals surface area contributed by atoms with E-state index in [-0.39, 0.29) is 18.1 Å². The molecule has 1 amide bonds. The van der Waals surface area contributed by atoms with E-state index < -0.39 is 0 Å². The molecule has 3 aliphatic rings. The highest BCUT2D eigenvalue weighted by molar-refractivity contribution is 5.93. The number of aromatic amines is 1. The summed E-state index contributed by atoms with van der Waals surface area (Å²) in [7, 11) is 1.79. The van der Waals surface area contributed by atoms with Gasteiger partial charge in [-0.2, -0.15) is 5.10 Å². The van der Waals surface area contributed by atoms with Crippen LogP contribution in [0.3, 0.4) is 0 Å². The van der Waals surface area contributed by atoms with Crippen molar-refractivity contribution in [3.63, 3.8) is 0 Å². The van der Waals surface area contributed by atoms with Crippen molar-refractivity contribution in [1.82, 2.24) is 30.1 Å². The number of methoxy groups -OCH3 is 1. The van der Waals surface area contributed by atoms with Gasteiger partial charge in [-0.25, -0.2) is 4.68 Å². The van der Waals surface area contributed by atoms with Gasteiger partial charge in [0, 0.05) is 32.6 Å². The van der Waals surface area contributed by atoms with Crippen LogP contribution in [0.4, 0.5) is 0 Å². The quantitative estimate of drug-likeness (QED) is 0.816. The average molecular weight is 413 g/mol. The van der Waals surface area contributed by atoms with Gasteiger partial charge >= 0.3 is 0 Å². The standard InChI is InChI=1S/C22H32N6O2/c1-30-21-9-17-13-27(22(29)18-10-23-24-11-18)12-16(17)8-20(21)28-14-19(25-26-28)7-15-5-3-2-4-6-15/h10-11,14-17,20-21H,2-9,12-13H2,1H3,(H,23,24)/t16-,17+,20-,21-/m1/s1. The normalized spacial score (nSPS) is 29.8. The summed E-state index contributed by atoms with van der Waals surface area (Å²) in [5.74, 6) is 1.78. The number of hydrogen-bond acceptors (Lipinski definition) is 5. The van der Waals surface area contributed by atoms with Crippen LogP contribution in [0.5, 0.6) is 0 Å². The van der Waals surface area contributed by atoms with Gasteiger partial charge in [0.25, 0.3) is 5.91 Å². The van der Waals surface area contributed by atoms with E-state index in [1.807, 2.05) is 9.58 Å². The number of hydrogen-bond donors (Lipinski definition) is 1. The van der Waals surface area contributed by atoms with Gasteiger partial charge in [-0.1, -0.05) is 37.3 Å². The molecule has 0 unspecified atom stereocenters. The summed E-state index contributed by atoms with van der Waals surface area (Å²) >= 11 is 0. The Labute approximate surface area is 177 Å². The van der Waals surface area contributed by atoms with Crippen LogP contribution < -0.4 is 0 Å². The first-order chi connectivity index (χ1) is 14.7. The SMILES string of the molecule is CO[C@@H]1C[C@H]2CN(C(=O)c3cn[nH]c3)C[C@H]2C[C@H]1n1cc(CC2CCCCC2)nn1. The summed E-state index contributed by atoms with van der Waals surface area (Å²) in [4.78, 5) is 14.7. The Kier molecular flexibility index (Phi) is 5.58. The van der Waals surface area contributed by atoms with Gasteiger partial charge in [-0.3, -0.25) is 9.89 Å². The van der Waals surface area contributed by atoms with Gasteiger partial charge in [-0.15, -0.1) is 5.10 Å². The summed E-state index contributed by atoms with van der Waals surface area (Å²) in [5.41, 5.74) is 1.75. The lowest BCUT2D eigenvalue weighted by atomic mass is 9.77. The monoisotopic (exact) mass is 412 g/mol. The van der Waals surface area contributed by atoms with E-state index in [0.29, 0.717) is 17.4 Å². The number of aromatic nitrogens is 5. The van der Waals surface area contributed by atoms with E-state index in [1.54, 1.807) is 19.5 Å². The predicted octanol–water partition coefficient (Wildman–Crippen LogP) is 2.86. The minimum atomic E-state index is 0.0687. The first-order valence-electron chi connectivity index (χ1n) is 11.4. The molecule has 1 N–H and O–H groups in total.